The highest BCUT2D eigenvalue weighted by Crippen LogP contribution is 2.36. The van der Waals surface area contributed by atoms with E-state index < -0.39 is 17.6 Å². The molecule has 0 aliphatic heterocycles. The number of pyridine rings is 1. The summed E-state index contributed by atoms with van der Waals surface area (Å²) in [5.41, 5.74) is -0.457. The molecule has 0 atom stereocenters. The summed E-state index contributed by atoms with van der Waals surface area (Å²) < 4.78 is 38.8. The minimum absolute atomic E-state index is 0.0345. The van der Waals surface area contributed by atoms with E-state index in [9.17, 15) is 18.0 Å². The van der Waals surface area contributed by atoms with Gasteiger partial charge in [0.1, 0.15) is 0 Å². The Morgan fingerprint density at radius 1 is 1.21 bits per heavy atom. The van der Waals surface area contributed by atoms with Crippen LogP contribution in [0.4, 0.5) is 18.9 Å². The number of hydrogen-bond donors (Lipinski definition) is 2. The van der Waals surface area contributed by atoms with Gasteiger partial charge in [-0.2, -0.15) is 13.2 Å². The van der Waals surface area contributed by atoms with Crippen molar-refractivity contribution < 1.29 is 18.0 Å². The summed E-state index contributed by atoms with van der Waals surface area (Å²) in [4.78, 5) is 15.9. The number of alkyl halides is 3. The summed E-state index contributed by atoms with van der Waals surface area (Å²) in [6.07, 6.45) is -2.90. The molecule has 4 nitrogen and oxygen atoms in total. The smallest absolute Gasteiger partial charge is 0.325 e. The number of hydrogen-bond acceptors (Lipinski definition) is 3. The van der Waals surface area contributed by atoms with Crippen LogP contribution in [0.1, 0.15) is 17.7 Å². The zero-order valence-corrected chi connectivity index (χ0v) is 13.3. The third kappa shape index (κ3) is 5.50. The number of aromatic nitrogens is 1. The molecule has 1 aromatic heterocycles. The van der Waals surface area contributed by atoms with Gasteiger partial charge in [0.2, 0.25) is 5.91 Å². The predicted molar refractivity (Wildman–Crippen MR) is 85.6 cm³/mol. The lowest BCUT2D eigenvalue weighted by atomic mass is 10.1. The maximum Gasteiger partial charge on any atom is 0.418 e. The van der Waals surface area contributed by atoms with Gasteiger partial charge in [-0.3, -0.25) is 9.78 Å². The van der Waals surface area contributed by atoms with E-state index in [2.05, 4.69) is 15.6 Å². The highest BCUT2D eigenvalue weighted by Gasteiger charge is 2.34. The fourth-order valence-electron chi connectivity index (χ4n) is 1.99. The van der Waals surface area contributed by atoms with Crippen LogP contribution < -0.4 is 10.6 Å². The minimum Gasteiger partial charge on any atom is -0.325 e. The number of amides is 1. The van der Waals surface area contributed by atoms with E-state index in [4.69, 9.17) is 11.6 Å². The third-order valence-electron chi connectivity index (χ3n) is 3.12. The fourth-order valence-corrected chi connectivity index (χ4v) is 2.17. The first-order valence-electron chi connectivity index (χ1n) is 7.13. The standard InChI is InChI=1S/C16H15ClF3N3O/c17-11-4-5-14(13(9-11)16(18,19)20)23-15(24)6-8-21-10-12-3-1-2-7-22-12/h1-5,7,9,21H,6,8,10H2,(H,23,24). The second-order valence-electron chi connectivity index (χ2n) is 4.98. The Labute approximate surface area is 142 Å². The lowest BCUT2D eigenvalue weighted by Gasteiger charge is -2.14. The molecule has 1 aromatic carbocycles. The Morgan fingerprint density at radius 3 is 2.67 bits per heavy atom. The number of carbonyl (C=O) groups is 1. The Balaban J connectivity index is 1.86. The van der Waals surface area contributed by atoms with Gasteiger partial charge in [0.05, 0.1) is 16.9 Å². The second-order valence-corrected chi connectivity index (χ2v) is 5.42. The second kappa shape index (κ2) is 8.12. The van der Waals surface area contributed by atoms with Crippen LogP contribution in [0, 0.1) is 0 Å². The van der Waals surface area contributed by atoms with Crippen LogP contribution in [0.5, 0.6) is 0 Å². The molecule has 2 rings (SSSR count). The molecule has 0 unspecified atom stereocenters. The number of carbonyl (C=O) groups excluding carboxylic acids is 1. The van der Waals surface area contributed by atoms with Crippen molar-refractivity contribution >= 4 is 23.2 Å². The van der Waals surface area contributed by atoms with Crippen LogP contribution in [0.2, 0.25) is 5.02 Å². The van der Waals surface area contributed by atoms with Crippen molar-refractivity contribution in [3.05, 3.63) is 58.9 Å². The van der Waals surface area contributed by atoms with Gasteiger partial charge in [0, 0.05) is 30.7 Å². The SMILES string of the molecule is O=C(CCNCc1ccccn1)Nc1ccc(Cl)cc1C(F)(F)F. The number of anilines is 1. The van der Waals surface area contributed by atoms with Gasteiger partial charge in [-0.1, -0.05) is 17.7 Å². The Morgan fingerprint density at radius 2 is 2.00 bits per heavy atom. The first kappa shape index (κ1) is 18.2. The molecule has 1 heterocycles. The van der Waals surface area contributed by atoms with E-state index in [0.717, 1.165) is 17.8 Å². The highest BCUT2D eigenvalue weighted by atomic mass is 35.5. The number of rotatable bonds is 6. The molecule has 0 bridgehead atoms. The number of nitrogens with one attached hydrogen (secondary N) is 2. The quantitative estimate of drug-likeness (QED) is 0.772. The van der Waals surface area contributed by atoms with Crippen LogP contribution >= 0.6 is 11.6 Å². The first-order valence-corrected chi connectivity index (χ1v) is 7.51. The van der Waals surface area contributed by atoms with E-state index in [1.54, 1.807) is 12.3 Å². The summed E-state index contributed by atoms with van der Waals surface area (Å²) in [6.45, 7) is 0.792. The first-order chi connectivity index (χ1) is 11.4. The van der Waals surface area contributed by atoms with Gasteiger partial charge in [0.25, 0.3) is 0 Å². The van der Waals surface area contributed by atoms with Gasteiger partial charge in [0.15, 0.2) is 0 Å². The highest BCUT2D eigenvalue weighted by molar-refractivity contribution is 6.30. The molecular weight excluding hydrogens is 343 g/mol. The zero-order valence-electron chi connectivity index (χ0n) is 12.5. The lowest BCUT2D eigenvalue weighted by molar-refractivity contribution is -0.137. The molecule has 0 spiro atoms. The maximum atomic E-state index is 12.9. The van der Waals surface area contributed by atoms with Crippen molar-refractivity contribution in [1.29, 1.82) is 0 Å². The van der Waals surface area contributed by atoms with Crippen LogP contribution in [-0.4, -0.2) is 17.4 Å². The normalized spacial score (nSPS) is 11.3. The number of halogens is 4. The molecule has 8 heteroatoms. The molecule has 0 fully saturated rings. The fraction of sp³-hybridized carbons (Fsp3) is 0.250. The molecule has 0 saturated carbocycles. The summed E-state index contributed by atoms with van der Waals surface area (Å²) in [7, 11) is 0. The van der Waals surface area contributed by atoms with E-state index in [-0.39, 0.29) is 17.1 Å². The molecule has 2 aromatic rings. The van der Waals surface area contributed by atoms with Gasteiger partial charge < -0.3 is 10.6 Å². The summed E-state index contributed by atoms with van der Waals surface area (Å²) in [6, 6.07) is 8.69. The van der Waals surface area contributed by atoms with E-state index >= 15 is 0 Å². The Bertz CT molecular complexity index is 693. The van der Waals surface area contributed by atoms with Gasteiger partial charge in [-0.15, -0.1) is 0 Å². The molecule has 1 amide bonds. The summed E-state index contributed by atoms with van der Waals surface area (Å²) in [5, 5.41) is 5.23. The van der Waals surface area contributed by atoms with Crippen molar-refractivity contribution in [3.8, 4) is 0 Å². The molecule has 2 N–H and O–H groups in total. The zero-order chi connectivity index (χ0) is 17.6. The van der Waals surface area contributed by atoms with E-state index in [1.807, 2.05) is 12.1 Å². The molecule has 24 heavy (non-hydrogen) atoms. The van der Waals surface area contributed by atoms with Crippen molar-refractivity contribution in [2.24, 2.45) is 0 Å². The van der Waals surface area contributed by atoms with E-state index in [0.29, 0.717) is 13.1 Å². The molecule has 0 aliphatic carbocycles. The Kier molecular flexibility index (Phi) is 6.16. The molecule has 0 aliphatic rings. The average Bonchev–Trinajstić information content (AvgIpc) is 2.53. The maximum absolute atomic E-state index is 12.9. The van der Waals surface area contributed by atoms with Crippen molar-refractivity contribution in [1.82, 2.24) is 10.3 Å². The molecule has 0 radical (unpaired) electrons. The Hall–Kier alpha value is -2.12. The van der Waals surface area contributed by atoms with Gasteiger partial charge >= 0.3 is 6.18 Å². The van der Waals surface area contributed by atoms with Gasteiger partial charge in [-0.05, 0) is 30.3 Å². The molecule has 0 saturated heterocycles. The predicted octanol–water partition coefficient (Wildman–Crippen LogP) is 3.87. The lowest BCUT2D eigenvalue weighted by Crippen LogP contribution is -2.23. The van der Waals surface area contributed by atoms with Crippen LogP contribution in [-0.2, 0) is 17.5 Å². The minimum atomic E-state index is -4.59. The van der Waals surface area contributed by atoms with Crippen LogP contribution in [0.15, 0.2) is 42.6 Å². The van der Waals surface area contributed by atoms with Crippen molar-refractivity contribution in [2.75, 3.05) is 11.9 Å². The van der Waals surface area contributed by atoms with Crippen LogP contribution in [0.25, 0.3) is 0 Å². The topological polar surface area (TPSA) is 54.0 Å². The van der Waals surface area contributed by atoms with Gasteiger partial charge in [-0.25, -0.2) is 0 Å². The van der Waals surface area contributed by atoms with E-state index in [1.165, 1.54) is 6.07 Å². The number of benzene rings is 1. The third-order valence-corrected chi connectivity index (χ3v) is 3.36. The summed E-state index contributed by atoms with van der Waals surface area (Å²) >= 11 is 5.59. The largest absolute Gasteiger partial charge is 0.418 e. The summed E-state index contributed by atoms with van der Waals surface area (Å²) in [5.74, 6) is -0.517. The average molecular weight is 358 g/mol. The monoisotopic (exact) mass is 357 g/mol. The molecule has 128 valence electrons. The molecular formula is C16H15ClF3N3O. The van der Waals surface area contributed by atoms with Crippen molar-refractivity contribution in [2.45, 2.75) is 19.1 Å². The number of nitrogens with zero attached hydrogens (tertiary/aromatic N) is 1. The van der Waals surface area contributed by atoms with Crippen molar-refractivity contribution in [3.63, 3.8) is 0 Å². The van der Waals surface area contributed by atoms with Crippen LogP contribution in [0.3, 0.4) is 0 Å².